The minimum Gasteiger partial charge on any atom is -0.355 e. The molecule has 1 fully saturated rings. The lowest BCUT2D eigenvalue weighted by Gasteiger charge is -2.30. The number of hydrogen-bond donors (Lipinski definition) is 2. The van der Waals surface area contributed by atoms with Gasteiger partial charge in [0, 0.05) is 25.6 Å². The van der Waals surface area contributed by atoms with E-state index in [1.807, 2.05) is 6.07 Å². The van der Waals surface area contributed by atoms with Crippen LogP contribution < -0.4 is 10.6 Å². The molecule has 32 heavy (non-hydrogen) atoms. The van der Waals surface area contributed by atoms with Gasteiger partial charge in [-0.3, -0.25) is 14.5 Å². The monoisotopic (exact) mass is 443 g/mol. The van der Waals surface area contributed by atoms with E-state index in [-0.39, 0.29) is 23.9 Å². The summed E-state index contributed by atoms with van der Waals surface area (Å²) in [5, 5.41) is 6.41. The predicted octanol–water partition coefficient (Wildman–Crippen LogP) is 4.56. The lowest BCUT2D eigenvalue weighted by Crippen LogP contribution is -2.50. The summed E-state index contributed by atoms with van der Waals surface area (Å²) in [6.07, 6.45) is 7.52. The van der Waals surface area contributed by atoms with Crippen LogP contribution in [0.3, 0.4) is 0 Å². The van der Waals surface area contributed by atoms with Crippen LogP contribution in [0.1, 0.15) is 78.2 Å². The molecule has 1 saturated heterocycles. The summed E-state index contributed by atoms with van der Waals surface area (Å²) in [5.74, 6) is 1.33. The Kier molecular flexibility index (Phi) is 11.8. The van der Waals surface area contributed by atoms with Crippen molar-refractivity contribution in [2.24, 2.45) is 11.8 Å². The van der Waals surface area contributed by atoms with Crippen LogP contribution in [0.4, 0.5) is 0 Å². The zero-order valence-corrected chi connectivity index (χ0v) is 20.7. The second-order valence-corrected chi connectivity index (χ2v) is 10.2. The van der Waals surface area contributed by atoms with E-state index in [9.17, 15) is 9.59 Å². The van der Waals surface area contributed by atoms with Crippen molar-refractivity contribution in [3.05, 3.63) is 35.9 Å². The van der Waals surface area contributed by atoms with Crippen molar-refractivity contribution >= 4 is 11.8 Å². The Morgan fingerprint density at radius 2 is 1.81 bits per heavy atom. The van der Waals surface area contributed by atoms with Gasteiger partial charge in [-0.1, -0.05) is 58.0 Å². The van der Waals surface area contributed by atoms with Gasteiger partial charge in [-0.25, -0.2) is 0 Å². The van der Waals surface area contributed by atoms with E-state index in [4.69, 9.17) is 0 Å². The average molecular weight is 444 g/mol. The molecule has 0 aromatic heterocycles. The highest BCUT2D eigenvalue weighted by molar-refractivity contribution is 5.82. The third-order valence-corrected chi connectivity index (χ3v) is 6.23. The van der Waals surface area contributed by atoms with E-state index in [0.29, 0.717) is 18.3 Å². The van der Waals surface area contributed by atoms with Gasteiger partial charge in [-0.15, -0.1) is 0 Å². The van der Waals surface area contributed by atoms with E-state index in [1.165, 1.54) is 5.56 Å². The number of rotatable bonds is 14. The van der Waals surface area contributed by atoms with Crippen molar-refractivity contribution in [2.45, 2.75) is 91.1 Å². The molecular weight excluding hydrogens is 398 g/mol. The molecule has 5 heteroatoms. The van der Waals surface area contributed by atoms with Crippen LogP contribution in [-0.4, -0.2) is 48.4 Å². The van der Waals surface area contributed by atoms with E-state index in [1.54, 1.807) is 0 Å². The Hall–Kier alpha value is -1.88. The number of benzene rings is 1. The highest BCUT2D eigenvalue weighted by atomic mass is 16.2. The summed E-state index contributed by atoms with van der Waals surface area (Å²) in [4.78, 5) is 27.6. The van der Waals surface area contributed by atoms with Crippen LogP contribution in [0.25, 0.3) is 0 Å². The van der Waals surface area contributed by atoms with Crippen LogP contribution in [0.15, 0.2) is 30.3 Å². The molecule has 2 N–H and O–H groups in total. The third-order valence-electron chi connectivity index (χ3n) is 6.23. The molecule has 1 aliphatic rings. The number of carbonyl (C=O) groups excluding carboxylic acids is 2. The van der Waals surface area contributed by atoms with Gasteiger partial charge in [0.15, 0.2) is 0 Å². The van der Waals surface area contributed by atoms with Gasteiger partial charge >= 0.3 is 0 Å². The van der Waals surface area contributed by atoms with E-state index in [2.05, 4.69) is 67.5 Å². The predicted molar refractivity (Wildman–Crippen MR) is 132 cm³/mol. The van der Waals surface area contributed by atoms with Crippen molar-refractivity contribution in [2.75, 3.05) is 19.6 Å². The summed E-state index contributed by atoms with van der Waals surface area (Å²) in [5.41, 5.74) is 1.35. The molecular formula is C27H45N3O2. The molecule has 2 atom stereocenters. The molecule has 5 nitrogen and oxygen atoms in total. The third kappa shape index (κ3) is 10.2. The van der Waals surface area contributed by atoms with Gasteiger partial charge < -0.3 is 10.6 Å². The highest BCUT2D eigenvalue weighted by Gasteiger charge is 2.32. The van der Waals surface area contributed by atoms with Crippen LogP contribution in [0, 0.1) is 11.8 Å². The quantitative estimate of drug-likeness (QED) is 0.415. The second-order valence-electron chi connectivity index (χ2n) is 10.2. The first-order valence-corrected chi connectivity index (χ1v) is 12.7. The molecule has 0 saturated carbocycles. The number of unbranched alkanes of at least 4 members (excludes halogenated alkanes) is 1. The van der Waals surface area contributed by atoms with Crippen molar-refractivity contribution in [1.29, 1.82) is 0 Å². The Bertz CT molecular complexity index is 675. The van der Waals surface area contributed by atoms with Crippen molar-refractivity contribution in [3.8, 4) is 0 Å². The van der Waals surface area contributed by atoms with Crippen molar-refractivity contribution < 1.29 is 9.59 Å². The molecule has 180 valence electrons. The Morgan fingerprint density at radius 1 is 1.06 bits per heavy atom. The van der Waals surface area contributed by atoms with Crippen molar-refractivity contribution in [3.63, 3.8) is 0 Å². The number of aryl methyl sites for hydroxylation is 1. The molecule has 0 radical (unpaired) electrons. The summed E-state index contributed by atoms with van der Waals surface area (Å²) in [6.45, 7) is 11.1. The molecule has 0 bridgehead atoms. The first-order chi connectivity index (χ1) is 15.3. The smallest absolute Gasteiger partial charge is 0.237 e. The Labute approximate surface area is 195 Å². The van der Waals surface area contributed by atoms with Crippen LogP contribution >= 0.6 is 0 Å². The second kappa shape index (κ2) is 14.3. The van der Waals surface area contributed by atoms with Crippen molar-refractivity contribution in [1.82, 2.24) is 15.5 Å². The van der Waals surface area contributed by atoms with Gasteiger partial charge in [-0.2, -0.15) is 0 Å². The molecule has 0 spiro atoms. The van der Waals surface area contributed by atoms with E-state index >= 15 is 0 Å². The fraction of sp³-hybridized carbons (Fsp3) is 0.704. The topological polar surface area (TPSA) is 61.4 Å². The van der Waals surface area contributed by atoms with Gasteiger partial charge in [0.1, 0.15) is 0 Å². The SMILES string of the molecule is CC(C)CCC(=O)NC(CC(C)C)CN1CCC[C@H]1C(=O)NCCCCc1ccccc1. The maximum absolute atomic E-state index is 12.9. The molecule has 2 amide bonds. The molecule has 1 heterocycles. The molecule has 1 aromatic rings. The normalized spacial score (nSPS) is 17.6. The number of nitrogens with one attached hydrogen (secondary N) is 2. The minimum absolute atomic E-state index is 0.0636. The van der Waals surface area contributed by atoms with Gasteiger partial charge in [0.25, 0.3) is 0 Å². The first-order valence-electron chi connectivity index (χ1n) is 12.7. The average Bonchev–Trinajstić information content (AvgIpc) is 3.20. The lowest BCUT2D eigenvalue weighted by atomic mass is 10.0. The zero-order chi connectivity index (χ0) is 23.3. The summed E-state index contributed by atoms with van der Waals surface area (Å²) < 4.78 is 0. The first kappa shape index (κ1) is 26.4. The zero-order valence-electron chi connectivity index (χ0n) is 20.7. The molecule has 1 unspecified atom stereocenters. The number of nitrogens with zero attached hydrogens (tertiary/aromatic N) is 1. The molecule has 1 aliphatic heterocycles. The Morgan fingerprint density at radius 3 is 2.50 bits per heavy atom. The maximum atomic E-state index is 12.9. The van der Waals surface area contributed by atoms with Crippen LogP contribution in [0.5, 0.6) is 0 Å². The van der Waals surface area contributed by atoms with Crippen LogP contribution in [0.2, 0.25) is 0 Å². The minimum atomic E-state index is -0.0636. The van der Waals surface area contributed by atoms with E-state index < -0.39 is 0 Å². The number of likely N-dealkylation sites (tertiary alicyclic amines) is 1. The molecule has 0 aliphatic carbocycles. The summed E-state index contributed by atoms with van der Waals surface area (Å²) in [7, 11) is 0. The van der Waals surface area contributed by atoms with Gasteiger partial charge in [0.05, 0.1) is 6.04 Å². The van der Waals surface area contributed by atoms with Crippen LogP contribution in [-0.2, 0) is 16.0 Å². The standard InChI is InChI=1S/C27H45N3O2/c1-21(2)15-16-26(31)29-24(19-22(3)4)20-30-18-10-14-25(30)27(32)28-17-9-8-13-23-11-6-5-7-12-23/h5-7,11-12,21-22,24-25H,8-10,13-20H2,1-4H3,(H,28,32)(H,29,31)/t24?,25-/m0/s1. The maximum Gasteiger partial charge on any atom is 0.237 e. The van der Waals surface area contributed by atoms with E-state index in [0.717, 1.165) is 64.6 Å². The fourth-order valence-corrected chi connectivity index (χ4v) is 4.52. The summed E-state index contributed by atoms with van der Waals surface area (Å²) >= 11 is 0. The number of hydrogen-bond acceptors (Lipinski definition) is 3. The summed E-state index contributed by atoms with van der Waals surface area (Å²) in [6, 6.07) is 10.5. The molecule has 2 rings (SSSR count). The van der Waals surface area contributed by atoms with Gasteiger partial charge in [-0.05, 0) is 68.9 Å². The lowest BCUT2D eigenvalue weighted by molar-refractivity contribution is -0.125. The largest absolute Gasteiger partial charge is 0.355 e. The number of amides is 2. The number of carbonyl (C=O) groups is 2. The van der Waals surface area contributed by atoms with Gasteiger partial charge in [0.2, 0.25) is 11.8 Å². The Balaban J connectivity index is 1.77. The highest BCUT2D eigenvalue weighted by Crippen LogP contribution is 2.19. The molecule has 1 aromatic carbocycles. The fourth-order valence-electron chi connectivity index (χ4n) is 4.52.